The zero-order valence-electron chi connectivity index (χ0n) is 16.5. The minimum atomic E-state index is -3.89. The highest BCUT2D eigenvalue weighted by Gasteiger charge is 2.32. The van der Waals surface area contributed by atoms with Gasteiger partial charge in [0.25, 0.3) is 5.69 Å². The molecule has 1 amide bonds. The van der Waals surface area contributed by atoms with Crippen molar-refractivity contribution in [2.75, 3.05) is 26.2 Å². The van der Waals surface area contributed by atoms with Crippen molar-refractivity contribution in [2.45, 2.75) is 24.7 Å². The minimum Gasteiger partial charge on any atom is -0.340 e. The third-order valence-corrected chi connectivity index (χ3v) is 7.57. The summed E-state index contributed by atoms with van der Waals surface area (Å²) >= 11 is 6.12. The van der Waals surface area contributed by atoms with Crippen LogP contribution in [0.4, 0.5) is 5.69 Å². The first-order valence-corrected chi connectivity index (χ1v) is 11.3. The molecule has 1 fully saturated rings. The molecule has 0 saturated carbocycles. The van der Waals surface area contributed by atoms with Crippen molar-refractivity contribution in [1.82, 2.24) is 9.21 Å². The topological polar surface area (TPSA) is 101 Å². The van der Waals surface area contributed by atoms with Gasteiger partial charge in [0.15, 0.2) is 0 Å². The van der Waals surface area contributed by atoms with Crippen LogP contribution in [0.2, 0.25) is 5.02 Å². The number of benzene rings is 2. The van der Waals surface area contributed by atoms with E-state index in [2.05, 4.69) is 0 Å². The molecule has 1 saturated heterocycles. The van der Waals surface area contributed by atoms with E-state index in [0.717, 1.165) is 11.6 Å². The van der Waals surface area contributed by atoms with Gasteiger partial charge in [-0.2, -0.15) is 4.31 Å². The van der Waals surface area contributed by atoms with Crippen LogP contribution in [0, 0.1) is 17.0 Å². The van der Waals surface area contributed by atoms with Crippen LogP contribution in [-0.4, -0.2) is 54.6 Å². The lowest BCUT2D eigenvalue weighted by molar-refractivity contribution is -0.385. The van der Waals surface area contributed by atoms with Crippen molar-refractivity contribution < 1.29 is 18.1 Å². The molecule has 0 bridgehead atoms. The zero-order valence-corrected chi connectivity index (χ0v) is 18.0. The van der Waals surface area contributed by atoms with Crippen LogP contribution in [0.3, 0.4) is 0 Å². The molecule has 0 aliphatic carbocycles. The standard InChI is InChI=1S/C20H22ClN3O5S/c1-15-6-8-17(24(26)27)14-19(15)30(28,29)23-12-10-22(11-13-23)20(25)9-7-16-4-2-3-5-18(16)21/h2-6,8,14H,7,9-13H2,1H3. The van der Waals surface area contributed by atoms with Crippen LogP contribution in [0.15, 0.2) is 47.4 Å². The maximum atomic E-state index is 13.0. The molecule has 0 radical (unpaired) electrons. The fraction of sp³-hybridized carbons (Fsp3) is 0.350. The van der Waals surface area contributed by atoms with Crippen molar-refractivity contribution in [3.05, 3.63) is 68.7 Å². The molecule has 1 heterocycles. The van der Waals surface area contributed by atoms with E-state index in [1.54, 1.807) is 17.9 Å². The Balaban J connectivity index is 1.63. The predicted octanol–water partition coefficient (Wildman–Crippen LogP) is 3.02. The van der Waals surface area contributed by atoms with Crippen molar-refractivity contribution in [2.24, 2.45) is 0 Å². The quantitative estimate of drug-likeness (QED) is 0.496. The molecule has 160 valence electrons. The third kappa shape index (κ3) is 4.80. The summed E-state index contributed by atoms with van der Waals surface area (Å²) in [5, 5.41) is 11.6. The van der Waals surface area contributed by atoms with Gasteiger partial charge in [-0.3, -0.25) is 14.9 Å². The molecule has 1 aliphatic rings. The Morgan fingerprint density at radius 1 is 1.13 bits per heavy atom. The van der Waals surface area contributed by atoms with Gasteiger partial charge in [0.2, 0.25) is 15.9 Å². The predicted molar refractivity (Wildman–Crippen MR) is 113 cm³/mol. The lowest BCUT2D eigenvalue weighted by atomic mass is 10.1. The number of non-ortho nitro benzene ring substituents is 1. The number of rotatable bonds is 6. The van der Waals surface area contributed by atoms with Crippen LogP contribution in [0.25, 0.3) is 0 Å². The Morgan fingerprint density at radius 3 is 2.43 bits per heavy atom. The number of nitrogens with zero attached hydrogens (tertiary/aromatic N) is 3. The normalized spacial score (nSPS) is 15.2. The molecule has 0 unspecified atom stereocenters. The van der Waals surface area contributed by atoms with Crippen LogP contribution < -0.4 is 0 Å². The molecule has 0 N–H and O–H groups in total. The maximum absolute atomic E-state index is 13.0. The van der Waals surface area contributed by atoms with E-state index in [1.807, 2.05) is 18.2 Å². The Hall–Kier alpha value is -2.49. The van der Waals surface area contributed by atoms with Crippen LogP contribution >= 0.6 is 11.6 Å². The number of amides is 1. The first-order valence-electron chi connectivity index (χ1n) is 9.46. The lowest BCUT2D eigenvalue weighted by Crippen LogP contribution is -2.50. The van der Waals surface area contributed by atoms with E-state index < -0.39 is 14.9 Å². The third-order valence-electron chi connectivity index (χ3n) is 5.16. The van der Waals surface area contributed by atoms with Gasteiger partial charge >= 0.3 is 0 Å². The number of hydrogen-bond donors (Lipinski definition) is 0. The molecular weight excluding hydrogens is 430 g/mol. The highest BCUT2D eigenvalue weighted by Crippen LogP contribution is 2.26. The second-order valence-corrected chi connectivity index (χ2v) is 9.40. The summed E-state index contributed by atoms with van der Waals surface area (Å²) in [6.07, 6.45) is 0.810. The van der Waals surface area contributed by atoms with E-state index in [9.17, 15) is 23.3 Å². The summed E-state index contributed by atoms with van der Waals surface area (Å²) in [4.78, 5) is 24.5. The molecule has 10 heteroatoms. The smallest absolute Gasteiger partial charge is 0.270 e. The summed E-state index contributed by atoms with van der Waals surface area (Å²) in [5.41, 5.74) is 1.07. The summed E-state index contributed by atoms with van der Waals surface area (Å²) in [6.45, 7) is 2.43. The SMILES string of the molecule is Cc1ccc([N+](=O)[O-])cc1S(=O)(=O)N1CCN(C(=O)CCc2ccccc2Cl)CC1. The van der Waals surface area contributed by atoms with Gasteiger partial charge < -0.3 is 4.90 Å². The number of carbonyl (C=O) groups excluding carboxylic acids is 1. The molecule has 0 spiro atoms. The number of halogens is 1. The number of carbonyl (C=O) groups is 1. The van der Waals surface area contributed by atoms with E-state index in [4.69, 9.17) is 11.6 Å². The average Bonchev–Trinajstić information content (AvgIpc) is 2.73. The zero-order chi connectivity index (χ0) is 21.9. The second-order valence-electron chi connectivity index (χ2n) is 7.08. The number of hydrogen-bond acceptors (Lipinski definition) is 5. The van der Waals surface area contributed by atoms with E-state index in [1.165, 1.54) is 16.4 Å². The Bertz CT molecular complexity index is 1070. The van der Waals surface area contributed by atoms with Gasteiger partial charge in [-0.15, -0.1) is 0 Å². The molecule has 30 heavy (non-hydrogen) atoms. The lowest BCUT2D eigenvalue weighted by Gasteiger charge is -2.34. The molecule has 2 aromatic carbocycles. The van der Waals surface area contributed by atoms with Crippen LogP contribution in [0.1, 0.15) is 17.5 Å². The minimum absolute atomic E-state index is 0.0569. The van der Waals surface area contributed by atoms with Crippen LogP contribution in [-0.2, 0) is 21.2 Å². The molecular formula is C20H22ClN3O5S. The summed E-state index contributed by atoms with van der Waals surface area (Å²) in [7, 11) is -3.89. The largest absolute Gasteiger partial charge is 0.340 e. The van der Waals surface area contributed by atoms with Crippen molar-refractivity contribution in [1.29, 1.82) is 0 Å². The van der Waals surface area contributed by atoms with E-state index in [0.29, 0.717) is 23.4 Å². The Morgan fingerprint density at radius 2 is 1.80 bits per heavy atom. The molecule has 3 rings (SSSR count). The summed E-state index contributed by atoms with van der Waals surface area (Å²) in [6, 6.07) is 11.2. The second kappa shape index (κ2) is 9.11. The van der Waals surface area contributed by atoms with Crippen molar-refractivity contribution in [3.8, 4) is 0 Å². The number of sulfonamides is 1. The monoisotopic (exact) mass is 451 g/mol. The fourth-order valence-electron chi connectivity index (χ4n) is 3.40. The first kappa shape index (κ1) is 22.2. The molecule has 0 aromatic heterocycles. The summed E-state index contributed by atoms with van der Waals surface area (Å²) in [5.74, 6) is -0.0569. The van der Waals surface area contributed by atoms with Gasteiger partial charge in [-0.25, -0.2) is 8.42 Å². The van der Waals surface area contributed by atoms with Crippen molar-refractivity contribution in [3.63, 3.8) is 0 Å². The van der Waals surface area contributed by atoms with Crippen molar-refractivity contribution >= 4 is 33.2 Å². The maximum Gasteiger partial charge on any atom is 0.270 e. The summed E-state index contributed by atoms with van der Waals surface area (Å²) < 4.78 is 27.3. The van der Waals surface area contributed by atoms with Gasteiger partial charge in [-0.05, 0) is 30.5 Å². The van der Waals surface area contributed by atoms with Gasteiger partial charge in [0, 0.05) is 49.8 Å². The van der Waals surface area contributed by atoms with Crippen LogP contribution in [0.5, 0.6) is 0 Å². The number of nitro groups is 1. The highest BCUT2D eigenvalue weighted by molar-refractivity contribution is 7.89. The van der Waals surface area contributed by atoms with Gasteiger partial charge in [0.05, 0.1) is 9.82 Å². The molecule has 0 atom stereocenters. The van der Waals surface area contributed by atoms with E-state index >= 15 is 0 Å². The van der Waals surface area contributed by atoms with Gasteiger partial charge in [0.1, 0.15) is 0 Å². The average molecular weight is 452 g/mol. The van der Waals surface area contributed by atoms with Gasteiger partial charge in [-0.1, -0.05) is 35.9 Å². The first-order chi connectivity index (χ1) is 14.2. The molecule has 2 aromatic rings. The van der Waals surface area contributed by atoms with E-state index in [-0.39, 0.29) is 42.7 Å². The number of piperazine rings is 1. The Labute approximate surface area is 180 Å². The highest BCUT2D eigenvalue weighted by atomic mass is 35.5. The fourth-order valence-corrected chi connectivity index (χ4v) is 5.30. The molecule has 1 aliphatic heterocycles. The number of aryl methyl sites for hydroxylation is 2. The Kier molecular flexibility index (Phi) is 6.74. The number of nitro benzene ring substituents is 1. The molecule has 8 nitrogen and oxygen atoms in total.